The highest BCUT2D eigenvalue weighted by Crippen LogP contribution is 1.96. The minimum atomic E-state index is -0.987. The van der Waals surface area contributed by atoms with E-state index in [4.69, 9.17) is 14.6 Å². The quantitative estimate of drug-likeness (QED) is 0.555. The summed E-state index contributed by atoms with van der Waals surface area (Å²) in [6.45, 7) is 4.43. The minimum absolute atomic E-state index is 0.414. The number of carboxylic acid groups (broad SMARTS) is 1. The van der Waals surface area contributed by atoms with E-state index < -0.39 is 12.2 Å². The van der Waals surface area contributed by atoms with Gasteiger partial charge in [0, 0.05) is 19.6 Å². The van der Waals surface area contributed by atoms with E-state index in [2.05, 4.69) is 10.2 Å². The molecule has 0 unspecified atom stereocenters. The number of likely N-dealkylation sites (N-methyl/N-ethyl adjacent to an activating group) is 1. The number of aliphatic carboxylic acids is 1. The number of carboxylic acids is 1. The van der Waals surface area contributed by atoms with Gasteiger partial charge in [0.15, 0.2) is 0 Å². The molecule has 0 aromatic heterocycles. The van der Waals surface area contributed by atoms with Gasteiger partial charge < -0.3 is 14.6 Å². The summed E-state index contributed by atoms with van der Waals surface area (Å²) in [7, 11) is 1.56. The molecule has 88 valence electrons. The van der Waals surface area contributed by atoms with Crippen molar-refractivity contribution in [2.75, 3.05) is 46.5 Å². The molecule has 2 N–H and O–H groups in total. The predicted octanol–water partition coefficient (Wildman–Crippen LogP) is -1.03. The molecule has 6 nitrogen and oxygen atoms in total. The summed E-state index contributed by atoms with van der Waals surface area (Å²) in [5, 5.41) is 11.3. The molecule has 0 aromatic rings. The van der Waals surface area contributed by atoms with Crippen LogP contribution in [0.5, 0.6) is 0 Å². The lowest BCUT2D eigenvalue weighted by Gasteiger charge is -2.26. The smallest absolute Gasteiger partial charge is 0.348 e. The topological polar surface area (TPSA) is 71.0 Å². The van der Waals surface area contributed by atoms with Crippen molar-refractivity contribution in [1.82, 2.24) is 10.2 Å². The van der Waals surface area contributed by atoms with Gasteiger partial charge in [0.25, 0.3) is 0 Å². The number of rotatable bonds is 6. The van der Waals surface area contributed by atoms with Crippen LogP contribution in [0.2, 0.25) is 0 Å². The zero-order valence-corrected chi connectivity index (χ0v) is 8.94. The zero-order chi connectivity index (χ0) is 11.1. The number of hydrogen-bond donors (Lipinski definition) is 2. The lowest BCUT2D eigenvalue weighted by Crippen LogP contribution is -2.41. The van der Waals surface area contributed by atoms with Crippen LogP contribution >= 0.6 is 0 Å². The minimum Gasteiger partial charge on any atom is -0.478 e. The molecule has 1 saturated heterocycles. The number of morpholine rings is 1. The Labute approximate surface area is 89.1 Å². The fourth-order valence-electron chi connectivity index (χ4n) is 1.40. The monoisotopic (exact) mass is 218 g/mol. The highest BCUT2D eigenvalue weighted by Gasteiger charge is 2.16. The fourth-order valence-corrected chi connectivity index (χ4v) is 1.40. The third-order valence-electron chi connectivity index (χ3n) is 2.28. The first-order valence-electron chi connectivity index (χ1n) is 5.06. The first kappa shape index (κ1) is 12.4. The average Bonchev–Trinajstić information content (AvgIpc) is 2.25. The average molecular weight is 218 g/mol. The Hall–Kier alpha value is -0.690. The van der Waals surface area contributed by atoms with Gasteiger partial charge >= 0.3 is 5.97 Å². The predicted molar refractivity (Wildman–Crippen MR) is 53.7 cm³/mol. The van der Waals surface area contributed by atoms with Gasteiger partial charge in [-0.15, -0.1) is 0 Å². The molecule has 1 fully saturated rings. The lowest BCUT2D eigenvalue weighted by atomic mass is 10.4. The molecule has 1 heterocycles. The van der Waals surface area contributed by atoms with E-state index in [1.54, 1.807) is 7.05 Å². The normalized spacial score (nSPS) is 20.1. The van der Waals surface area contributed by atoms with Crippen molar-refractivity contribution in [3.63, 3.8) is 0 Å². The Morgan fingerprint density at radius 1 is 1.60 bits per heavy atom. The summed E-state index contributed by atoms with van der Waals surface area (Å²) >= 11 is 0. The van der Waals surface area contributed by atoms with Gasteiger partial charge in [-0.05, 0) is 7.05 Å². The van der Waals surface area contributed by atoms with E-state index in [0.29, 0.717) is 6.61 Å². The number of carbonyl (C=O) groups is 1. The Bertz CT molecular complexity index is 195. The van der Waals surface area contributed by atoms with Crippen molar-refractivity contribution in [1.29, 1.82) is 0 Å². The molecule has 0 bridgehead atoms. The van der Waals surface area contributed by atoms with Gasteiger partial charge in [0.1, 0.15) is 0 Å². The maximum atomic E-state index is 10.6. The van der Waals surface area contributed by atoms with Crippen LogP contribution in [0.3, 0.4) is 0 Å². The van der Waals surface area contributed by atoms with Crippen LogP contribution in [0, 0.1) is 0 Å². The number of nitrogens with one attached hydrogen (secondary N) is 1. The summed E-state index contributed by atoms with van der Waals surface area (Å²) in [6, 6.07) is 0. The molecule has 0 spiro atoms. The first-order valence-corrected chi connectivity index (χ1v) is 5.06. The van der Waals surface area contributed by atoms with Gasteiger partial charge in [0.2, 0.25) is 6.23 Å². The summed E-state index contributed by atoms with van der Waals surface area (Å²) in [4.78, 5) is 12.8. The number of nitrogens with zero attached hydrogens (tertiary/aromatic N) is 1. The highest BCUT2D eigenvalue weighted by atomic mass is 16.5. The largest absolute Gasteiger partial charge is 0.478 e. The lowest BCUT2D eigenvalue weighted by molar-refractivity contribution is -0.152. The van der Waals surface area contributed by atoms with Crippen molar-refractivity contribution in [3.05, 3.63) is 0 Å². The molecular formula is C9H18N2O4. The van der Waals surface area contributed by atoms with Crippen LogP contribution in [0.15, 0.2) is 0 Å². The van der Waals surface area contributed by atoms with Gasteiger partial charge in [-0.3, -0.25) is 10.2 Å². The van der Waals surface area contributed by atoms with Crippen LogP contribution in [0.25, 0.3) is 0 Å². The van der Waals surface area contributed by atoms with E-state index in [0.717, 1.165) is 32.8 Å². The maximum Gasteiger partial charge on any atom is 0.348 e. The van der Waals surface area contributed by atoms with E-state index in [1.807, 2.05) is 0 Å². The second-order valence-electron chi connectivity index (χ2n) is 3.33. The fraction of sp³-hybridized carbons (Fsp3) is 0.889. The van der Waals surface area contributed by atoms with Crippen molar-refractivity contribution in [3.8, 4) is 0 Å². The SMILES string of the molecule is CN[C@H](OCCN1CCOCC1)C(=O)O. The molecule has 6 heteroatoms. The summed E-state index contributed by atoms with van der Waals surface area (Å²) in [5.74, 6) is -0.987. The molecule has 0 radical (unpaired) electrons. The Kier molecular flexibility index (Phi) is 5.56. The van der Waals surface area contributed by atoms with E-state index >= 15 is 0 Å². The molecule has 1 rings (SSSR count). The molecule has 0 amide bonds. The molecular weight excluding hydrogens is 200 g/mol. The van der Waals surface area contributed by atoms with Crippen molar-refractivity contribution < 1.29 is 19.4 Å². The van der Waals surface area contributed by atoms with E-state index in [-0.39, 0.29) is 0 Å². The Balaban J connectivity index is 2.11. The molecule has 1 atom stereocenters. The van der Waals surface area contributed by atoms with Gasteiger partial charge in [-0.2, -0.15) is 0 Å². The van der Waals surface area contributed by atoms with Crippen LogP contribution in [-0.2, 0) is 14.3 Å². The van der Waals surface area contributed by atoms with Crippen LogP contribution in [0.4, 0.5) is 0 Å². The Morgan fingerprint density at radius 3 is 2.80 bits per heavy atom. The summed E-state index contributed by atoms with van der Waals surface area (Å²) in [6.07, 6.45) is -0.911. The van der Waals surface area contributed by atoms with Crippen molar-refractivity contribution >= 4 is 5.97 Å². The third-order valence-corrected chi connectivity index (χ3v) is 2.28. The van der Waals surface area contributed by atoms with Crippen LogP contribution in [0.1, 0.15) is 0 Å². The molecule has 0 aliphatic carbocycles. The van der Waals surface area contributed by atoms with Crippen molar-refractivity contribution in [2.24, 2.45) is 0 Å². The van der Waals surface area contributed by atoms with Crippen LogP contribution in [-0.4, -0.2) is 68.7 Å². The molecule has 0 aromatic carbocycles. The van der Waals surface area contributed by atoms with Gasteiger partial charge in [-0.25, -0.2) is 4.79 Å². The van der Waals surface area contributed by atoms with E-state index in [9.17, 15) is 4.79 Å². The van der Waals surface area contributed by atoms with Gasteiger partial charge in [-0.1, -0.05) is 0 Å². The molecule has 1 aliphatic rings. The molecule has 0 saturated carbocycles. The molecule has 1 aliphatic heterocycles. The second-order valence-corrected chi connectivity index (χ2v) is 3.33. The summed E-state index contributed by atoms with van der Waals surface area (Å²) < 4.78 is 10.4. The standard InChI is InChI=1S/C9H18N2O4/c1-10-8(9(12)13)15-7-4-11-2-5-14-6-3-11/h8,10H,2-7H2,1H3,(H,12,13)/t8-/m1/s1. The Morgan fingerprint density at radius 2 is 2.27 bits per heavy atom. The second kappa shape index (κ2) is 6.73. The number of ether oxygens (including phenoxy) is 2. The maximum absolute atomic E-state index is 10.6. The molecule has 15 heavy (non-hydrogen) atoms. The van der Waals surface area contributed by atoms with E-state index in [1.165, 1.54) is 0 Å². The van der Waals surface area contributed by atoms with Crippen LogP contribution < -0.4 is 5.32 Å². The number of hydrogen-bond acceptors (Lipinski definition) is 5. The summed E-state index contributed by atoms with van der Waals surface area (Å²) in [5.41, 5.74) is 0. The highest BCUT2D eigenvalue weighted by molar-refractivity contribution is 5.71. The first-order chi connectivity index (χ1) is 7.24. The third kappa shape index (κ3) is 4.57. The van der Waals surface area contributed by atoms with Crippen molar-refractivity contribution in [2.45, 2.75) is 6.23 Å². The van der Waals surface area contributed by atoms with Gasteiger partial charge in [0.05, 0.1) is 19.8 Å². The zero-order valence-electron chi connectivity index (χ0n) is 8.94.